The Kier molecular flexibility index (Phi) is 1.97. The molecule has 0 radical (unpaired) electrons. The monoisotopic (exact) mass is 234 g/mol. The van der Waals surface area contributed by atoms with Gasteiger partial charge in [0.05, 0.1) is 0 Å². The first-order valence-corrected chi connectivity index (χ1v) is 6.04. The molecule has 0 amide bonds. The van der Waals surface area contributed by atoms with Gasteiger partial charge in [-0.1, -0.05) is 0 Å². The van der Waals surface area contributed by atoms with Crippen LogP contribution in [0.15, 0.2) is 5.38 Å². The second-order valence-corrected chi connectivity index (χ2v) is 4.93. The smallest absolute Gasteiger partial charge is 0.355 e. The maximum atomic E-state index is 11.2. The molecule has 1 aliphatic rings. The Bertz CT molecular complexity index is 587. The van der Waals surface area contributed by atoms with Crippen LogP contribution in [-0.2, 0) is 0 Å². The molecular formula is C11H10N2O2S. The molecule has 5 heteroatoms. The summed E-state index contributed by atoms with van der Waals surface area (Å²) < 4.78 is 0. The first-order chi connectivity index (χ1) is 7.66. The Hall–Kier alpha value is -1.49. The highest BCUT2D eigenvalue weighted by Crippen LogP contribution is 2.45. The lowest BCUT2D eigenvalue weighted by molar-refractivity contribution is 0.0692. The van der Waals surface area contributed by atoms with E-state index in [4.69, 9.17) is 5.11 Å². The number of aryl methyl sites for hydroxylation is 1. The predicted molar refractivity (Wildman–Crippen MR) is 61.1 cm³/mol. The van der Waals surface area contributed by atoms with E-state index in [2.05, 4.69) is 9.97 Å². The van der Waals surface area contributed by atoms with E-state index in [1.54, 1.807) is 6.92 Å². The van der Waals surface area contributed by atoms with Gasteiger partial charge in [-0.25, -0.2) is 14.8 Å². The summed E-state index contributed by atoms with van der Waals surface area (Å²) in [5.41, 5.74) is 1.28. The molecule has 0 spiro atoms. The van der Waals surface area contributed by atoms with Gasteiger partial charge in [0.15, 0.2) is 5.69 Å². The van der Waals surface area contributed by atoms with Gasteiger partial charge in [0.1, 0.15) is 10.7 Å². The normalized spacial score (nSPS) is 15.6. The summed E-state index contributed by atoms with van der Waals surface area (Å²) in [6.45, 7) is 1.72. The van der Waals surface area contributed by atoms with Crippen LogP contribution < -0.4 is 0 Å². The Morgan fingerprint density at radius 2 is 2.25 bits per heavy atom. The van der Waals surface area contributed by atoms with Crippen molar-refractivity contribution in [1.82, 2.24) is 9.97 Å². The average Bonchev–Trinajstić information content (AvgIpc) is 2.98. The number of thiophene rings is 1. The highest BCUT2D eigenvalue weighted by atomic mass is 32.1. The molecular weight excluding hydrogens is 224 g/mol. The molecule has 0 aromatic carbocycles. The Morgan fingerprint density at radius 3 is 2.88 bits per heavy atom. The third-order valence-corrected chi connectivity index (χ3v) is 3.68. The number of aromatic carboxylic acids is 1. The highest BCUT2D eigenvalue weighted by Gasteiger charge is 2.29. The number of carboxylic acid groups (broad SMARTS) is 1. The molecule has 2 aromatic heterocycles. The molecule has 1 saturated carbocycles. The van der Waals surface area contributed by atoms with Crippen LogP contribution >= 0.6 is 11.3 Å². The third-order valence-electron chi connectivity index (χ3n) is 2.79. The summed E-state index contributed by atoms with van der Waals surface area (Å²) in [6, 6.07) is 0. The molecule has 4 nitrogen and oxygen atoms in total. The number of fused-ring (bicyclic) bond motifs is 1. The summed E-state index contributed by atoms with van der Waals surface area (Å²) in [4.78, 5) is 20.3. The van der Waals surface area contributed by atoms with Crippen molar-refractivity contribution in [2.24, 2.45) is 0 Å². The maximum Gasteiger partial charge on any atom is 0.355 e. The van der Waals surface area contributed by atoms with Gasteiger partial charge in [-0.05, 0) is 36.6 Å². The van der Waals surface area contributed by atoms with Crippen molar-refractivity contribution in [2.45, 2.75) is 25.7 Å². The lowest BCUT2D eigenvalue weighted by atomic mass is 10.1. The molecule has 3 rings (SSSR count). The molecule has 0 unspecified atom stereocenters. The van der Waals surface area contributed by atoms with Gasteiger partial charge >= 0.3 is 5.97 Å². The number of hydrogen-bond acceptors (Lipinski definition) is 4. The minimum atomic E-state index is -0.962. The number of carboxylic acids is 1. The molecule has 0 aliphatic heterocycles. The van der Waals surface area contributed by atoms with Crippen molar-refractivity contribution in [3.05, 3.63) is 22.5 Å². The summed E-state index contributed by atoms with van der Waals surface area (Å²) in [5.74, 6) is 0.0862. The Morgan fingerprint density at radius 1 is 1.50 bits per heavy atom. The van der Waals surface area contributed by atoms with E-state index in [-0.39, 0.29) is 5.69 Å². The van der Waals surface area contributed by atoms with Gasteiger partial charge < -0.3 is 5.11 Å². The van der Waals surface area contributed by atoms with Crippen LogP contribution in [0.5, 0.6) is 0 Å². The van der Waals surface area contributed by atoms with Crippen molar-refractivity contribution < 1.29 is 9.90 Å². The first kappa shape index (κ1) is 9.72. The molecule has 0 bridgehead atoms. The third kappa shape index (κ3) is 1.39. The number of hydrogen-bond donors (Lipinski definition) is 1. The average molecular weight is 234 g/mol. The van der Waals surface area contributed by atoms with Gasteiger partial charge in [0, 0.05) is 5.39 Å². The van der Waals surface area contributed by atoms with Crippen LogP contribution in [0.25, 0.3) is 10.2 Å². The van der Waals surface area contributed by atoms with Crippen LogP contribution in [0, 0.1) is 6.92 Å². The Labute approximate surface area is 96.0 Å². The quantitative estimate of drug-likeness (QED) is 0.867. The fraction of sp³-hybridized carbons (Fsp3) is 0.364. The van der Waals surface area contributed by atoms with Crippen LogP contribution in [0.2, 0.25) is 0 Å². The molecule has 0 atom stereocenters. The van der Waals surface area contributed by atoms with Crippen LogP contribution in [0.3, 0.4) is 0 Å². The Balaban J connectivity index is 2.35. The van der Waals surface area contributed by atoms with Crippen molar-refractivity contribution in [1.29, 1.82) is 0 Å². The number of aromatic nitrogens is 2. The van der Waals surface area contributed by atoms with Gasteiger partial charge in [0.2, 0.25) is 0 Å². The summed E-state index contributed by atoms with van der Waals surface area (Å²) in [6.07, 6.45) is 2.30. The van der Waals surface area contributed by atoms with Gasteiger partial charge in [0.25, 0.3) is 0 Å². The van der Waals surface area contributed by atoms with E-state index in [0.29, 0.717) is 11.7 Å². The summed E-state index contributed by atoms with van der Waals surface area (Å²) >= 11 is 1.51. The van der Waals surface area contributed by atoms with Crippen LogP contribution in [0.1, 0.15) is 40.6 Å². The fourth-order valence-corrected chi connectivity index (χ4v) is 2.99. The van der Waals surface area contributed by atoms with Crippen molar-refractivity contribution in [3.63, 3.8) is 0 Å². The summed E-state index contributed by atoms with van der Waals surface area (Å²) in [5, 5.41) is 12.0. The number of nitrogens with zero attached hydrogens (tertiary/aromatic N) is 2. The zero-order valence-electron chi connectivity index (χ0n) is 8.73. The van der Waals surface area contributed by atoms with E-state index in [9.17, 15) is 4.79 Å². The highest BCUT2D eigenvalue weighted by molar-refractivity contribution is 7.17. The van der Waals surface area contributed by atoms with Crippen LogP contribution in [0.4, 0.5) is 0 Å². The molecule has 1 N–H and O–H groups in total. The topological polar surface area (TPSA) is 63.1 Å². The number of carbonyl (C=O) groups is 1. The maximum absolute atomic E-state index is 11.2. The molecule has 0 saturated heterocycles. The first-order valence-electron chi connectivity index (χ1n) is 5.16. The zero-order valence-corrected chi connectivity index (χ0v) is 9.54. The van der Waals surface area contributed by atoms with Crippen LogP contribution in [-0.4, -0.2) is 21.0 Å². The van der Waals surface area contributed by atoms with Crippen molar-refractivity contribution >= 4 is 27.5 Å². The molecule has 2 heterocycles. The fourth-order valence-electron chi connectivity index (χ4n) is 1.92. The molecule has 16 heavy (non-hydrogen) atoms. The molecule has 1 aliphatic carbocycles. The van der Waals surface area contributed by atoms with Gasteiger partial charge in [-0.15, -0.1) is 11.3 Å². The predicted octanol–water partition coefficient (Wildman–Crippen LogP) is 2.58. The van der Waals surface area contributed by atoms with Crippen molar-refractivity contribution in [3.8, 4) is 0 Å². The van der Waals surface area contributed by atoms with E-state index in [0.717, 1.165) is 28.6 Å². The molecule has 82 valence electrons. The number of rotatable bonds is 2. The van der Waals surface area contributed by atoms with Gasteiger partial charge in [-0.2, -0.15) is 0 Å². The van der Waals surface area contributed by atoms with E-state index in [1.165, 1.54) is 11.3 Å². The molecule has 2 aromatic rings. The minimum Gasteiger partial charge on any atom is -0.476 e. The zero-order chi connectivity index (χ0) is 11.3. The summed E-state index contributed by atoms with van der Waals surface area (Å²) in [7, 11) is 0. The largest absolute Gasteiger partial charge is 0.476 e. The van der Waals surface area contributed by atoms with E-state index >= 15 is 0 Å². The van der Waals surface area contributed by atoms with E-state index < -0.39 is 5.97 Å². The van der Waals surface area contributed by atoms with E-state index in [1.807, 2.05) is 5.38 Å². The van der Waals surface area contributed by atoms with Crippen molar-refractivity contribution in [2.75, 3.05) is 0 Å². The standard InChI is InChI=1S/C11H10N2O2S/c1-5-12-9(11(14)15)8-7(6-2-3-6)4-16-10(8)13-5/h4,6H,2-3H2,1H3,(H,14,15). The minimum absolute atomic E-state index is 0.158. The van der Waals surface area contributed by atoms with Gasteiger partial charge in [-0.3, -0.25) is 0 Å². The second kappa shape index (κ2) is 3.25. The second-order valence-electron chi connectivity index (χ2n) is 4.07. The lowest BCUT2D eigenvalue weighted by Gasteiger charge is -2.01. The molecule has 1 fully saturated rings. The lowest BCUT2D eigenvalue weighted by Crippen LogP contribution is -2.04. The SMILES string of the molecule is Cc1nc(C(=O)O)c2c(C3CC3)csc2n1.